The summed E-state index contributed by atoms with van der Waals surface area (Å²) in [5, 5.41) is 14.5. The molecule has 0 saturated carbocycles. The van der Waals surface area contributed by atoms with E-state index in [4.69, 9.17) is 0 Å². The van der Waals surface area contributed by atoms with Crippen LogP contribution in [0, 0.1) is 0 Å². The van der Waals surface area contributed by atoms with Gasteiger partial charge in [0.1, 0.15) is 6.54 Å². The summed E-state index contributed by atoms with van der Waals surface area (Å²) in [5.74, 6) is -0.715. The fourth-order valence-corrected chi connectivity index (χ4v) is 2.97. The average Bonchev–Trinajstić information content (AvgIpc) is 3.08. The Morgan fingerprint density at radius 3 is 2.95 bits per heavy atom. The molecule has 0 bridgehead atoms. The Labute approximate surface area is 132 Å². The van der Waals surface area contributed by atoms with Gasteiger partial charge in [-0.2, -0.15) is 13.2 Å². The highest BCUT2D eigenvalue weighted by Crippen LogP contribution is 2.22. The first-order valence-corrected chi connectivity index (χ1v) is 7.91. The summed E-state index contributed by atoms with van der Waals surface area (Å²) < 4.78 is 37.7. The van der Waals surface area contributed by atoms with Crippen LogP contribution >= 0.6 is 23.1 Å². The second-order valence-corrected chi connectivity index (χ2v) is 6.63. The van der Waals surface area contributed by atoms with E-state index >= 15 is 0 Å². The van der Waals surface area contributed by atoms with Gasteiger partial charge >= 0.3 is 6.18 Å². The summed E-state index contributed by atoms with van der Waals surface area (Å²) in [6.07, 6.45) is -4.43. The number of tetrazole rings is 1. The molecule has 1 N–H and O–H groups in total. The molecular weight excluding hydrogens is 339 g/mol. The molecule has 1 unspecified atom stereocenters. The van der Waals surface area contributed by atoms with E-state index in [9.17, 15) is 18.0 Å². The summed E-state index contributed by atoms with van der Waals surface area (Å²) in [5.41, 5.74) is 0. The molecule has 0 aliphatic carbocycles. The van der Waals surface area contributed by atoms with Crippen LogP contribution in [0.15, 0.2) is 22.7 Å². The lowest BCUT2D eigenvalue weighted by Gasteiger charge is -2.12. The number of hydrogen-bond donors (Lipinski definition) is 1. The number of carbonyl (C=O) groups excluding carboxylic acids is 1. The van der Waals surface area contributed by atoms with Crippen molar-refractivity contribution in [2.24, 2.45) is 0 Å². The number of thioether (sulfide) groups is 1. The number of amides is 1. The molecule has 2 heterocycles. The van der Waals surface area contributed by atoms with Gasteiger partial charge in [-0.25, -0.2) is 4.68 Å². The van der Waals surface area contributed by atoms with Crippen molar-refractivity contribution >= 4 is 29.0 Å². The maximum Gasteiger partial charge on any atom is 0.405 e. The van der Waals surface area contributed by atoms with E-state index < -0.39 is 23.9 Å². The fourth-order valence-electron chi connectivity index (χ4n) is 1.47. The van der Waals surface area contributed by atoms with Crippen molar-refractivity contribution < 1.29 is 18.0 Å². The number of rotatable bonds is 6. The van der Waals surface area contributed by atoms with Crippen molar-refractivity contribution in [3.63, 3.8) is 0 Å². The van der Waals surface area contributed by atoms with Gasteiger partial charge in [-0.1, -0.05) is 17.8 Å². The zero-order chi connectivity index (χ0) is 16.2. The minimum absolute atomic E-state index is 0.378. The summed E-state index contributed by atoms with van der Waals surface area (Å²) in [6, 6.07) is 3.81. The molecule has 1 atom stereocenters. The molecule has 0 aliphatic rings. The normalized spacial score (nSPS) is 13.1. The topological polar surface area (TPSA) is 72.7 Å². The fraction of sp³-hybridized carbons (Fsp3) is 0.455. The number of carbonyl (C=O) groups is 1. The van der Waals surface area contributed by atoms with E-state index in [1.165, 1.54) is 22.9 Å². The monoisotopic (exact) mass is 351 g/mol. The van der Waals surface area contributed by atoms with Crippen LogP contribution in [0.25, 0.3) is 0 Å². The highest BCUT2D eigenvalue weighted by Gasteiger charge is 2.29. The number of hydrogen-bond acceptors (Lipinski definition) is 6. The van der Waals surface area contributed by atoms with E-state index in [1.807, 2.05) is 22.8 Å². The molecule has 22 heavy (non-hydrogen) atoms. The Kier molecular flexibility index (Phi) is 5.40. The Balaban J connectivity index is 1.93. The molecule has 2 aromatic heterocycles. The molecule has 0 spiro atoms. The number of nitrogens with one attached hydrogen (secondary N) is 1. The second kappa shape index (κ2) is 7.09. The third kappa shape index (κ3) is 4.98. The highest BCUT2D eigenvalue weighted by molar-refractivity contribution is 8.00. The molecule has 0 radical (unpaired) electrons. The van der Waals surface area contributed by atoms with Gasteiger partial charge in [0.2, 0.25) is 11.1 Å². The van der Waals surface area contributed by atoms with Gasteiger partial charge in [0.05, 0.1) is 11.8 Å². The van der Waals surface area contributed by atoms with Crippen LogP contribution in [0.2, 0.25) is 0 Å². The molecule has 11 heteroatoms. The standard InChI is InChI=1S/C11H12F3N5OS2/c1-7(9(20)15-6-11(12,13)14)22-10-16-17-18-19(10)5-8-3-2-4-21-8/h2-4,7H,5-6H2,1H3,(H,15,20). The number of alkyl halides is 3. The SMILES string of the molecule is CC(Sc1nnnn1Cc1cccs1)C(=O)NCC(F)(F)F. The quantitative estimate of drug-likeness (QED) is 0.806. The Morgan fingerprint density at radius 1 is 1.55 bits per heavy atom. The van der Waals surface area contributed by atoms with Crippen LogP contribution in [0.3, 0.4) is 0 Å². The molecule has 0 saturated heterocycles. The van der Waals surface area contributed by atoms with E-state index in [-0.39, 0.29) is 0 Å². The molecular formula is C11H12F3N5OS2. The second-order valence-electron chi connectivity index (χ2n) is 4.29. The van der Waals surface area contributed by atoms with Crippen LogP contribution < -0.4 is 5.32 Å². The largest absolute Gasteiger partial charge is 0.405 e. The lowest BCUT2D eigenvalue weighted by atomic mass is 10.4. The van der Waals surface area contributed by atoms with Crippen molar-refractivity contribution in [3.8, 4) is 0 Å². The first kappa shape index (κ1) is 16.7. The highest BCUT2D eigenvalue weighted by atomic mass is 32.2. The summed E-state index contributed by atoms with van der Waals surface area (Å²) >= 11 is 2.55. The van der Waals surface area contributed by atoms with Crippen LogP contribution in [0.1, 0.15) is 11.8 Å². The van der Waals surface area contributed by atoms with Gasteiger partial charge in [0.25, 0.3) is 0 Å². The summed E-state index contributed by atoms with van der Waals surface area (Å²) in [7, 11) is 0. The van der Waals surface area contributed by atoms with Gasteiger partial charge in [0.15, 0.2) is 0 Å². The third-order valence-corrected chi connectivity index (χ3v) is 4.43. The van der Waals surface area contributed by atoms with Crippen molar-refractivity contribution in [2.45, 2.75) is 30.1 Å². The molecule has 0 aromatic carbocycles. The average molecular weight is 351 g/mol. The zero-order valence-corrected chi connectivity index (χ0v) is 13.0. The van der Waals surface area contributed by atoms with Crippen LogP contribution in [0.4, 0.5) is 13.2 Å². The Hall–Kier alpha value is -1.62. The summed E-state index contributed by atoms with van der Waals surface area (Å²) in [6.45, 7) is 0.599. The molecule has 6 nitrogen and oxygen atoms in total. The van der Waals surface area contributed by atoms with Crippen molar-refractivity contribution in [1.82, 2.24) is 25.5 Å². The van der Waals surface area contributed by atoms with Gasteiger partial charge < -0.3 is 5.32 Å². The minimum atomic E-state index is -4.43. The smallest absolute Gasteiger partial charge is 0.346 e. The van der Waals surface area contributed by atoms with E-state index in [1.54, 1.807) is 0 Å². The lowest BCUT2D eigenvalue weighted by Crippen LogP contribution is -2.38. The van der Waals surface area contributed by atoms with E-state index in [0.29, 0.717) is 11.7 Å². The molecule has 2 rings (SSSR count). The van der Waals surface area contributed by atoms with Gasteiger partial charge in [-0.15, -0.1) is 16.4 Å². The zero-order valence-electron chi connectivity index (χ0n) is 11.4. The van der Waals surface area contributed by atoms with Crippen molar-refractivity contribution in [1.29, 1.82) is 0 Å². The van der Waals surface area contributed by atoms with Crippen LogP contribution in [-0.4, -0.2) is 44.1 Å². The van der Waals surface area contributed by atoms with Gasteiger partial charge in [0, 0.05) is 4.88 Å². The minimum Gasteiger partial charge on any atom is -0.346 e. The molecule has 1 amide bonds. The first-order chi connectivity index (χ1) is 10.3. The van der Waals surface area contributed by atoms with Crippen LogP contribution in [0.5, 0.6) is 0 Å². The Morgan fingerprint density at radius 2 is 2.32 bits per heavy atom. The number of thiophene rings is 1. The molecule has 120 valence electrons. The van der Waals surface area contributed by atoms with Crippen LogP contribution in [-0.2, 0) is 11.3 Å². The van der Waals surface area contributed by atoms with E-state index in [0.717, 1.165) is 16.6 Å². The first-order valence-electron chi connectivity index (χ1n) is 6.15. The summed E-state index contributed by atoms with van der Waals surface area (Å²) in [4.78, 5) is 12.7. The number of aromatic nitrogens is 4. The molecule has 0 aliphatic heterocycles. The predicted octanol–water partition coefficient (Wildman–Crippen LogP) is 1.94. The van der Waals surface area contributed by atoms with Crippen molar-refractivity contribution in [3.05, 3.63) is 22.4 Å². The maximum atomic E-state index is 12.1. The molecule has 2 aromatic rings. The maximum absolute atomic E-state index is 12.1. The molecule has 0 fully saturated rings. The van der Waals surface area contributed by atoms with Gasteiger partial charge in [-0.3, -0.25) is 4.79 Å². The predicted molar refractivity (Wildman–Crippen MR) is 75.6 cm³/mol. The van der Waals surface area contributed by atoms with Crippen molar-refractivity contribution in [2.75, 3.05) is 6.54 Å². The van der Waals surface area contributed by atoms with E-state index in [2.05, 4.69) is 15.5 Å². The third-order valence-electron chi connectivity index (χ3n) is 2.50. The van der Waals surface area contributed by atoms with Gasteiger partial charge in [-0.05, 0) is 28.8 Å². The Bertz CT molecular complexity index is 614. The lowest BCUT2D eigenvalue weighted by molar-refractivity contribution is -0.137. The number of nitrogens with zero attached hydrogens (tertiary/aromatic N) is 4. The number of halogens is 3.